The topological polar surface area (TPSA) is 79.7 Å². The number of hydrogen-bond acceptors (Lipinski definition) is 6. The van der Waals surface area contributed by atoms with Gasteiger partial charge in [0.05, 0.1) is 53.4 Å². The minimum atomic E-state index is -3.81. The Kier molecular flexibility index (Phi) is 7.96. The van der Waals surface area contributed by atoms with Gasteiger partial charge in [-0.15, -0.1) is 0 Å². The summed E-state index contributed by atoms with van der Waals surface area (Å²) in [6.07, 6.45) is 0. The predicted molar refractivity (Wildman–Crippen MR) is 244 cm³/mol. The van der Waals surface area contributed by atoms with Crippen molar-refractivity contribution in [1.29, 1.82) is 0 Å². The van der Waals surface area contributed by atoms with E-state index in [2.05, 4.69) is 109 Å². The van der Waals surface area contributed by atoms with Crippen molar-refractivity contribution < 1.29 is 16.8 Å². The molecule has 0 saturated carbocycles. The van der Waals surface area contributed by atoms with Gasteiger partial charge in [0.1, 0.15) is 8.07 Å². The zero-order valence-electron chi connectivity index (χ0n) is 32.7. The van der Waals surface area contributed by atoms with Gasteiger partial charge in [-0.05, 0) is 91.0 Å². The van der Waals surface area contributed by atoms with Crippen LogP contribution < -0.4 is 20.2 Å². The van der Waals surface area contributed by atoms with Crippen LogP contribution in [-0.2, 0) is 19.7 Å². The number of aromatic nitrogens is 1. The Morgan fingerprint density at radius 3 is 1.12 bits per heavy atom. The summed E-state index contributed by atoms with van der Waals surface area (Å²) in [4.78, 5) is 4.99. The zero-order valence-corrected chi connectivity index (χ0v) is 35.3. The van der Waals surface area contributed by atoms with E-state index in [0.717, 1.165) is 33.3 Å². The summed E-state index contributed by atoms with van der Waals surface area (Å²) in [5, 5.41) is 4.71. The SMILES string of the molecule is C[Si](C)(c1ccc(-n2c3ccccc3c3ccccc32)cc1)c1cc(N2c3ccccc3S(=O)(=O)c3ccccc32)cc(N2c3ccccc3S(=O)(=O)c3ccccc32)c1. The summed E-state index contributed by atoms with van der Waals surface area (Å²) in [5.74, 6) is 0. The van der Waals surface area contributed by atoms with Crippen LogP contribution in [0, 0.1) is 0 Å². The lowest BCUT2D eigenvalue weighted by Crippen LogP contribution is -2.53. The van der Waals surface area contributed by atoms with E-state index >= 15 is 0 Å². The molecule has 0 saturated heterocycles. The maximum absolute atomic E-state index is 14.1. The van der Waals surface area contributed by atoms with E-state index in [4.69, 9.17) is 0 Å². The third-order valence-electron chi connectivity index (χ3n) is 12.2. The van der Waals surface area contributed by atoms with Gasteiger partial charge in [0.15, 0.2) is 0 Å². The van der Waals surface area contributed by atoms with Crippen molar-refractivity contribution in [2.24, 2.45) is 0 Å². The number of rotatable bonds is 5. The Bertz CT molecular complexity index is 3170. The summed E-state index contributed by atoms with van der Waals surface area (Å²) in [5.41, 5.74) is 7.11. The first-order valence-electron chi connectivity index (χ1n) is 19.8. The molecule has 7 nitrogen and oxygen atoms in total. The molecule has 9 aromatic rings. The third kappa shape index (κ3) is 5.24. The first-order chi connectivity index (χ1) is 29.0. The van der Waals surface area contributed by atoms with Gasteiger partial charge < -0.3 is 14.4 Å². The van der Waals surface area contributed by atoms with Crippen LogP contribution in [0.1, 0.15) is 0 Å². The van der Waals surface area contributed by atoms with Crippen LogP contribution in [0.15, 0.2) is 208 Å². The molecule has 1 aromatic heterocycles. The van der Waals surface area contributed by atoms with Crippen molar-refractivity contribution in [2.75, 3.05) is 9.80 Å². The first-order valence-corrected chi connectivity index (χ1v) is 25.7. The Morgan fingerprint density at radius 1 is 0.367 bits per heavy atom. The molecule has 2 aliphatic rings. The molecule has 0 bridgehead atoms. The molecule has 292 valence electrons. The standard InChI is InChI=1S/C50H37N3O4S2Si/c1-60(2,37-29-27-34(28-30-37)51-41-17-5-3-15-39(41)40-16-4-6-18-42(40)51)38-32-35(52-43-19-7-11-23-47(43)58(54,55)48-24-12-8-20-44(48)52)31-36(33-38)53-45-21-9-13-25-49(45)59(56,57)50-26-14-10-22-46(50)53/h3-33H,1-2H3. The second kappa shape index (κ2) is 13.1. The zero-order chi connectivity index (χ0) is 41.0. The van der Waals surface area contributed by atoms with Crippen LogP contribution in [0.5, 0.6) is 0 Å². The van der Waals surface area contributed by atoms with Gasteiger partial charge in [-0.2, -0.15) is 0 Å². The molecule has 0 atom stereocenters. The lowest BCUT2D eigenvalue weighted by molar-refractivity contribution is 0.593. The van der Waals surface area contributed by atoms with Crippen LogP contribution in [-0.4, -0.2) is 29.5 Å². The molecular formula is C50H37N3O4S2Si. The second-order valence-electron chi connectivity index (χ2n) is 15.8. The van der Waals surface area contributed by atoms with Gasteiger partial charge >= 0.3 is 0 Å². The summed E-state index contributed by atoms with van der Waals surface area (Å²) >= 11 is 0. The largest absolute Gasteiger partial charge is 0.309 e. The summed E-state index contributed by atoms with van der Waals surface area (Å²) < 4.78 is 58.7. The Balaban J connectivity index is 1.14. The molecule has 3 heterocycles. The molecule has 0 spiro atoms. The van der Waals surface area contributed by atoms with Gasteiger partial charge in [-0.1, -0.05) is 121 Å². The maximum Gasteiger partial charge on any atom is 0.210 e. The number of hydrogen-bond donors (Lipinski definition) is 0. The van der Waals surface area contributed by atoms with E-state index in [9.17, 15) is 16.8 Å². The highest BCUT2D eigenvalue weighted by Crippen LogP contribution is 2.51. The normalized spacial score (nSPS) is 15.0. The van der Waals surface area contributed by atoms with Gasteiger partial charge in [0, 0.05) is 27.8 Å². The first kappa shape index (κ1) is 36.4. The maximum atomic E-state index is 14.1. The summed E-state index contributed by atoms with van der Waals surface area (Å²) in [6.45, 7) is 4.66. The monoisotopic (exact) mass is 835 g/mol. The smallest absolute Gasteiger partial charge is 0.210 e. The number of para-hydroxylation sites is 6. The third-order valence-corrected chi connectivity index (χ3v) is 19.4. The fourth-order valence-corrected chi connectivity index (χ4v) is 14.7. The predicted octanol–water partition coefficient (Wildman–Crippen LogP) is 10.8. The Hall–Kier alpha value is -6.72. The molecule has 60 heavy (non-hydrogen) atoms. The van der Waals surface area contributed by atoms with E-state index in [1.165, 1.54) is 16.0 Å². The van der Waals surface area contributed by atoms with E-state index in [-0.39, 0.29) is 19.6 Å². The van der Waals surface area contributed by atoms with Crippen LogP contribution >= 0.6 is 0 Å². The number of nitrogens with zero attached hydrogens (tertiary/aromatic N) is 3. The van der Waals surface area contributed by atoms with E-state index in [0.29, 0.717) is 22.7 Å². The summed E-state index contributed by atoms with van der Waals surface area (Å²) in [7, 11) is -10.2. The number of sulfone groups is 2. The number of fused-ring (bicyclic) bond motifs is 7. The number of anilines is 6. The van der Waals surface area contributed by atoms with Crippen LogP contribution in [0.4, 0.5) is 34.1 Å². The lowest BCUT2D eigenvalue weighted by atomic mass is 10.1. The average molecular weight is 836 g/mol. The van der Waals surface area contributed by atoms with Crippen LogP contribution in [0.3, 0.4) is 0 Å². The van der Waals surface area contributed by atoms with Gasteiger partial charge in [-0.3, -0.25) is 0 Å². The molecule has 0 radical (unpaired) electrons. The van der Waals surface area contributed by atoms with Crippen molar-refractivity contribution >= 4 is 94.1 Å². The highest BCUT2D eigenvalue weighted by atomic mass is 32.2. The molecule has 0 N–H and O–H groups in total. The second-order valence-corrected chi connectivity index (χ2v) is 24.0. The molecule has 0 aliphatic carbocycles. The highest BCUT2D eigenvalue weighted by molar-refractivity contribution is 7.92. The lowest BCUT2D eigenvalue weighted by Gasteiger charge is -2.37. The molecule has 11 rings (SSSR count). The summed E-state index contributed by atoms with van der Waals surface area (Å²) in [6, 6.07) is 60.9. The van der Waals surface area contributed by atoms with Crippen LogP contribution in [0.25, 0.3) is 27.5 Å². The van der Waals surface area contributed by atoms with Gasteiger partial charge in [-0.25, -0.2) is 16.8 Å². The molecule has 10 heteroatoms. The van der Waals surface area contributed by atoms with Crippen LogP contribution in [0.2, 0.25) is 13.1 Å². The molecular weight excluding hydrogens is 799 g/mol. The number of benzene rings is 8. The molecule has 2 aliphatic heterocycles. The minimum Gasteiger partial charge on any atom is -0.309 e. The minimum absolute atomic E-state index is 0.229. The molecule has 8 aromatic carbocycles. The Morgan fingerprint density at radius 2 is 0.717 bits per heavy atom. The van der Waals surface area contributed by atoms with E-state index in [1.54, 1.807) is 48.5 Å². The van der Waals surface area contributed by atoms with E-state index in [1.807, 2.05) is 58.3 Å². The van der Waals surface area contributed by atoms with Crippen molar-refractivity contribution in [3.8, 4) is 5.69 Å². The van der Waals surface area contributed by atoms with Crippen molar-refractivity contribution in [1.82, 2.24) is 4.57 Å². The molecule has 0 fully saturated rings. The average Bonchev–Trinajstić information content (AvgIpc) is 3.61. The van der Waals surface area contributed by atoms with E-state index < -0.39 is 27.7 Å². The van der Waals surface area contributed by atoms with Gasteiger partial charge in [0.25, 0.3) is 0 Å². The van der Waals surface area contributed by atoms with Crippen molar-refractivity contribution in [2.45, 2.75) is 32.7 Å². The van der Waals surface area contributed by atoms with Crippen molar-refractivity contribution in [3.05, 3.63) is 188 Å². The quantitative estimate of drug-likeness (QED) is 0.161. The fourth-order valence-electron chi connectivity index (χ4n) is 9.14. The fraction of sp³-hybridized carbons (Fsp3) is 0.0400. The molecule has 0 unspecified atom stereocenters. The van der Waals surface area contributed by atoms with Crippen molar-refractivity contribution in [3.63, 3.8) is 0 Å². The highest BCUT2D eigenvalue weighted by Gasteiger charge is 2.38. The Labute approximate surface area is 349 Å². The van der Waals surface area contributed by atoms with Gasteiger partial charge in [0.2, 0.25) is 19.7 Å². The molecule has 0 amide bonds.